The Labute approximate surface area is 183 Å². The first-order valence-electron chi connectivity index (χ1n) is 10.3. The molecule has 0 atom stereocenters. The van der Waals surface area contributed by atoms with Gasteiger partial charge in [0.15, 0.2) is 18.1 Å². The average molecular weight is 421 g/mol. The van der Waals surface area contributed by atoms with Crippen LogP contribution in [0.25, 0.3) is 11.1 Å². The van der Waals surface area contributed by atoms with E-state index in [0.29, 0.717) is 23.9 Å². The Balaban J connectivity index is 1.90. The van der Waals surface area contributed by atoms with Crippen molar-refractivity contribution in [3.63, 3.8) is 0 Å². The third-order valence-corrected chi connectivity index (χ3v) is 4.74. The van der Waals surface area contributed by atoms with Crippen LogP contribution in [-0.4, -0.2) is 24.3 Å². The molecule has 0 aliphatic carbocycles. The maximum atomic E-state index is 11.7. The van der Waals surface area contributed by atoms with Crippen LogP contribution in [0.2, 0.25) is 0 Å². The first-order valence-corrected chi connectivity index (χ1v) is 10.3. The molecule has 0 heterocycles. The van der Waals surface area contributed by atoms with E-state index in [1.807, 2.05) is 48.5 Å². The Hall–Kier alpha value is -3.47. The summed E-state index contributed by atoms with van der Waals surface area (Å²) in [7, 11) is 0. The van der Waals surface area contributed by atoms with Crippen LogP contribution in [0, 0.1) is 0 Å². The van der Waals surface area contributed by atoms with Crippen molar-refractivity contribution in [1.82, 2.24) is 0 Å². The number of ether oxygens (including phenoxy) is 3. The minimum Gasteiger partial charge on any atom is -0.508 e. The summed E-state index contributed by atoms with van der Waals surface area (Å²) in [6.45, 7) is 8.32. The molecule has 1 N–H and O–H groups in total. The van der Waals surface area contributed by atoms with Crippen LogP contribution < -0.4 is 9.47 Å². The highest BCUT2D eigenvalue weighted by Gasteiger charge is 2.15. The Kier molecular flexibility index (Phi) is 6.85. The number of phenols is 1. The zero-order valence-corrected chi connectivity index (χ0v) is 18.3. The van der Waals surface area contributed by atoms with Crippen LogP contribution in [0.5, 0.6) is 23.0 Å². The van der Waals surface area contributed by atoms with E-state index in [1.165, 1.54) is 5.56 Å². The van der Waals surface area contributed by atoms with E-state index in [4.69, 9.17) is 14.2 Å². The van der Waals surface area contributed by atoms with Crippen molar-refractivity contribution in [2.24, 2.45) is 0 Å². The van der Waals surface area contributed by atoms with Crippen molar-refractivity contribution in [1.29, 1.82) is 0 Å². The van der Waals surface area contributed by atoms with Gasteiger partial charge >= 0.3 is 5.97 Å². The van der Waals surface area contributed by atoms with Crippen LogP contribution in [0.15, 0.2) is 66.7 Å². The second-order valence-corrected chi connectivity index (χ2v) is 8.18. The molecule has 0 aliphatic heterocycles. The lowest BCUT2D eigenvalue weighted by Gasteiger charge is -2.19. The minimum atomic E-state index is -0.439. The Morgan fingerprint density at radius 2 is 1.52 bits per heavy atom. The quantitative estimate of drug-likeness (QED) is 0.469. The molecule has 0 aliphatic rings. The number of phenolic OH excluding ortho intramolecular Hbond substituents is 1. The molecule has 0 spiro atoms. The molecule has 5 heteroatoms. The van der Waals surface area contributed by atoms with Gasteiger partial charge in [0.1, 0.15) is 11.5 Å². The monoisotopic (exact) mass is 420 g/mol. The molecular weight excluding hydrogens is 392 g/mol. The SMILES string of the molecule is CCOC(=O)COc1ccc(-c2ccc(O)cc2)cc1Oc1ccc(C(C)(C)C)cc1. The summed E-state index contributed by atoms with van der Waals surface area (Å²) in [6, 6.07) is 20.3. The van der Waals surface area contributed by atoms with Gasteiger partial charge in [-0.3, -0.25) is 0 Å². The van der Waals surface area contributed by atoms with Gasteiger partial charge in [0.05, 0.1) is 6.61 Å². The van der Waals surface area contributed by atoms with Crippen LogP contribution in [0.3, 0.4) is 0 Å². The fourth-order valence-electron chi connectivity index (χ4n) is 3.03. The van der Waals surface area contributed by atoms with Crippen molar-refractivity contribution in [2.45, 2.75) is 33.1 Å². The van der Waals surface area contributed by atoms with Crippen molar-refractivity contribution in [2.75, 3.05) is 13.2 Å². The van der Waals surface area contributed by atoms with Crippen LogP contribution >= 0.6 is 0 Å². The number of hydrogen-bond donors (Lipinski definition) is 1. The Morgan fingerprint density at radius 1 is 0.871 bits per heavy atom. The summed E-state index contributed by atoms with van der Waals surface area (Å²) in [4.78, 5) is 11.7. The van der Waals surface area contributed by atoms with Gasteiger partial charge in [0.2, 0.25) is 0 Å². The zero-order valence-electron chi connectivity index (χ0n) is 18.3. The fourth-order valence-corrected chi connectivity index (χ4v) is 3.03. The van der Waals surface area contributed by atoms with Crippen molar-refractivity contribution >= 4 is 5.97 Å². The topological polar surface area (TPSA) is 65.0 Å². The lowest BCUT2D eigenvalue weighted by molar-refractivity contribution is -0.145. The predicted octanol–water partition coefficient (Wildman–Crippen LogP) is 6.09. The smallest absolute Gasteiger partial charge is 0.344 e. The van der Waals surface area contributed by atoms with Gasteiger partial charge in [-0.05, 0) is 65.4 Å². The maximum Gasteiger partial charge on any atom is 0.344 e. The van der Waals surface area contributed by atoms with Crippen LogP contribution in [0.4, 0.5) is 0 Å². The third kappa shape index (κ3) is 6.01. The summed E-state index contributed by atoms with van der Waals surface area (Å²) in [5.74, 6) is 1.35. The highest BCUT2D eigenvalue weighted by molar-refractivity contribution is 5.72. The number of esters is 1. The van der Waals surface area contributed by atoms with Crippen LogP contribution in [0.1, 0.15) is 33.3 Å². The fraction of sp³-hybridized carbons (Fsp3) is 0.269. The zero-order chi connectivity index (χ0) is 22.4. The van der Waals surface area contributed by atoms with Crippen molar-refractivity contribution in [3.8, 4) is 34.1 Å². The highest BCUT2D eigenvalue weighted by Crippen LogP contribution is 2.37. The molecule has 162 valence electrons. The Morgan fingerprint density at radius 3 is 2.13 bits per heavy atom. The highest BCUT2D eigenvalue weighted by atomic mass is 16.6. The normalized spacial score (nSPS) is 11.1. The summed E-state index contributed by atoms with van der Waals surface area (Å²) in [5.41, 5.74) is 3.06. The van der Waals surface area contributed by atoms with Crippen molar-refractivity contribution in [3.05, 3.63) is 72.3 Å². The van der Waals surface area contributed by atoms with Gasteiger partial charge in [-0.1, -0.05) is 51.1 Å². The van der Waals surface area contributed by atoms with Gasteiger partial charge in [-0.15, -0.1) is 0 Å². The molecule has 0 fully saturated rings. The molecule has 0 saturated heterocycles. The number of benzene rings is 3. The second-order valence-electron chi connectivity index (χ2n) is 8.18. The average Bonchev–Trinajstić information content (AvgIpc) is 2.73. The molecular formula is C26H28O5. The molecule has 0 unspecified atom stereocenters. The first kappa shape index (κ1) is 22.2. The van der Waals surface area contributed by atoms with Crippen LogP contribution in [-0.2, 0) is 14.9 Å². The van der Waals surface area contributed by atoms with E-state index in [0.717, 1.165) is 11.1 Å². The van der Waals surface area contributed by atoms with Gasteiger partial charge in [-0.2, -0.15) is 0 Å². The Bertz CT molecular complexity index is 1020. The predicted molar refractivity (Wildman–Crippen MR) is 121 cm³/mol. The third-order valence-electron chi connectivity index (χ3n) is 4.74. The van der Waals surface area contributed by atoms with E-state index in [1.54, 1.807) is 25.1 Å². The minimum absolute atomic E-state index is 0.0469. The summed E-state index contributed by atoms with van der Waals surface area (Å²) in [6.07, 6.45) is 0. The molecule has 0 bridgehead atoms. The molecule has 5 nitrogen and oxygen atoms in total. The van der Waals surface area contributed by atoms with Gasteiger partial charge in [0, 0.05) is 0 Å². The summed E-state index contributed by atoms with van der Waals surface area (Å²) >= 11 is 0. The maximum absolute atomic E-state index is 11.7. The van der Waals surface area contributed by atoms with Gasteiger partial charge in [-0.25, -0.2) is 4.79 Å². The number of hydrogen-bond acceptors (Lipinski definition) is 5. The molecule has 0 radical (unpaired) electrons. The number of aromatic hydroxyl groups is 1. The van der Waals surface area contributed by atoms with E-state index in [2.05, 4.69) is 20.8 Å². The van der Waals surface area contributed by atoms with E-state index in [-0.39, 0.29) is 17.8 Å². The molecule has 3 aromatic carbocycles. The van der Waals surface area contributed by atoms with Crippen molar-refractivity contribution < 1.29 is 24.1 Å². The first-order chi connectivity index (χ1) is 14.8. The number of carbonyl (C=O) groups is 1. The van der Waals surface area contributed by atoms with E-state index in [9.17, 15) is 9.90 Å². The van der Waals surface area contributed by atoms with E-state index >= 15 is 0 Å². The molecule has 0 saturated carbocycles. The van der Waals surface area contributed by atoms with Gasteiger partial charge in [0.25, 0.3) is 0 Å². The molecule has 3 rings (SSSR count). The summed E-state index contributed by atoms with van der Waals surface area (Å²) in [5, 5.41) is 9.55. The number of rotatable bonds is 7. The summed E-state index contributed by atoms with van der Waals surface area (Å²) < 4.78 is 16.7. The lowest BCUT2D eigenvalue weighted by Crippen LogP contribution is -2.14. The molecule has 0 amide bonds. The molecule has 3 aromatic rings. The second kappa shape index (κ2) is 9.56. The van der Waals surface area contributed by atoms with Gasteiger partial charge < -0.3 is 19.3 Å². The number of carbonyl (C=O) groups excluding carboxylic acids is 1. The molecule has 0 aromatic heterocycles. The standard InChI is InChI=1S/C26H28O5/c1-5-29-25(28)17-30-23-15-8-19(18-6-11-21(27)12-7-18)16-24(23)31-22-13-9-20(10-14-22)26(2,3)4/h6-16,27H,5,17H2,1-4H3. The lowest BCUT2D eigenvalue weighted by atomic mass is 9.87. The largest absolute Gasteiger partial charge is 0.508 e. The van der Waals surface area contributed by atoms with E-state index < -0.39 is 5.97 Å². The molecule has 31 heavy (non-hydrogen) atoms.